The number of carbonyl (C=O) groups is 1. The maximum atomic E-state index is 12.3. The Bertz CT molecular complexity index is 408. The van der Waals surface area contributed by atoms with Crippen molar-refractivity contribution in [3.8, 4) is 0 Å². The molecule has 4 nitrogen and oxygen atoms in total. The van der Waals surface area contributed by atoms with E-state index in [1.54, 1.807) is 0 Å². The maximum absolute atomic E-state index is 12.3. The van der Waals surface area contributed by atoms with E-state index in [4.69, 9.17) is 5.73 Å². The molecule has 88 valence electrons. The molecule has 1 amide bonds. The van der Waals surface area contributed by atoms with E-state index in [-0.39, 0.29) is 5.91 Å². The van der Waals surface area contributed by atoms with Crippen molar-refractivity contribution in [2.24, 2.45) is 0 Å². The Labute approximate surface area is 99.4 Å². The molecule has 1 aromatic heterocycles. The molecule has 0 unspecified atom stereocenters. The van der Waals surface area contributed by atoms with Crippen molar-refractivity contribution in [1.29, 1.82) is 0 Å². The fourth-order valence-electron chi connectivity index (χ4n) is 1.95. The van der Waals surface area contributed by atoms with Gasteiger partial charge in [0.05, 0.1) is 10.6 Å². The number of hydrogen-bond acceptors (Lipinski definition) is 4. The number of hydrogen-bond donors (Lipinski definition) is 2. The summed E-state index contributed by atoms with van der Waals surface area (Å²) in [5.41, 5.74) is 7.65. The van der Waals surface area contributed by atoms with E-state index in [2.05, 4.69) is 5.32 Å². The largest absolute Gasteiger partial charge is 0.390 e. The molecule has 0 bridgehead atoms. The van der Waals surface area contributed by atoms with Crippen LogP contribution in [0.1, 0.15) is 20.8 Å². The van der Waals surface area contributed by atoms with Crippen molar-refractivity contribution in [1.82, 2.24) is 10.2 Å². The highest BCUT2D eigenvalue weighted by atomic mass is 32.1. The number of anilines is 1. The second-order valence-corrected chi connectivity index (χ2v) is 5.32. The number of nitrogens with zero attached hydrogens (tertiary/aromatic N) is 1. The number of aryl methyl sites for hydroxylation is 1. The van der Waals surface area contributed by atoms with Gasteiger partial charge in [0.15, 0.2) is 0 Å². The van der Waals surface area contributed by atoms with E-state index >= 15 is 0 Å². The van der Waals surface area contributed by atoms with Gasteiger partial charge in [-0.15, -0.1) is 11.3 Å². The number of piperazine rings is 1. The standard InChI is InChI=1S/C11H17N3OS/c1-7-8(2)16-10(12)9(7)11(15)14-5-3-13-4-6-14/h13H,3-6,12H2,1-2H3. The Morgan fingerprint density at radius 1 is 1.38 bits per heavy atom. The van der Waals surface area contributed by atoms with Gasteiger partial charge in [0.2, 0.25) is 0 Å². The third-order valence-electron chi connectivity index (χ3n) is 3.03. The highest BCUT2D eigenvalue weighted by Crippen LogP contribution is 2.30. The average Bonchev–Trinajstić information content (AvgIpc) is 2.54. The minimum Gasteiger partial charge on any atom is -0.390 e. The minimum absolute atomic E-state index is 0.0841. The Kier molecular flexibility index (Phi) is 3.16. The fraction of sp³-hybridized carbons (Fsp3) is 0.545. The van der Waals surface area contributed by atoms with Crippen LogP contribution >= 0.6 is 11.3 Å². The third-order valence-corrected chi connectivity index (χ3v) is 4.07. The second kappa shape index (κ2) is 4.43. The van der Waals surface area contributed by atoms with Crippen molar-refractivity contribution in [3.63, 3.8) is 0 Å². The zero-order valence-electron chi connectivity index (χ0n) is 9.67. The smallest absolute Gasteiger partial charge is 0.257 e. The SMILES string of the molecule is Cc1sc(N)c(C(=O)N2CCNCC2)c1C. The van der Waals surface area contributed by atoms with Crippen LogP contribution < -0.4 is 11.1 Å². The molecule has 5 heteroatoms. The quantitative estimate of drug-likeness (QED) is 0.768. The number of thiophene rings is 1. The predicted molar refractivity (Wildman–Crippen MR) is 67.0 cm³/mol. The lowest BCUT2D eigenvalue weighted by Gasteiger charge is -2.27. The van der Waals surface area contributed by atoms with Gasteiger partial charge >= 0.3 is 0 Å². The highest BCUT2D eigenvalue weighted by Gasteiger charge is 2.23. The first-order valence-electron chi connectivity index (χ1n) is 5.46. The Balaban J connectivity index is 2.25. The molecular formula is C11H17N3OS. The maximum Gasteiger partial charge on any atom is 0.257 e. The van der Waals surface area contributed by atoms with Crippen LogP contribution in [-0.4, -0.2) is 37.0 Å². The Morgan fingerprint density at radius 2 is 2.00 bits per heavy atom. The van der Waals surface area contributed by atoms with Crippen molar-refractivity contribution >= 4 is 22.2 Å². The third kappa shape index (κ3) is 1.92. The van der Waals surface area contributed by atoms with Gasteiger partial charge in [-0.25, -0.2) is 0 Å². The number of nitrogens with one attached hydrogen (secondary N) is 1. The second-order valence-electron chi connectivity index (χ2n) is 4.06. The Morgan fingerprint density at radius 3 is 2.50 bits per heavy atom. The lowest BCUT2D eigenvalue weighted by molar-refractivity contribution is 0.0736. The van der Waals surface area contributed by atoms with E-state index in [1.165, 1.54) is 11.3 Å². The van der Waals surface area contributed by atoms with Crippen LogP contribution in [0.25, 0.3) is 0 Å². The van der Waals surface area contributed by atoms with E-state index in [0.717, 1.165) is 36.6 Å². The zero-order valence-corrected chi connectivity index (χ0v) is 10.5. The number of nitrogens with two attached hydrogens (primary N) is 1. The summed E-state index contributed by atoms with van der Waals surface area (Å²) in [5.74, 6) is 0.0841. The zero-order chi connectivity index (χ0) is 11.7. The molecule has 1 aromatic rings. The van der Waals surface area contributed by atoms with Gasteiger partial charge in [0.25, 0.3) is 5.91 Å². The van der Waals surface area contributed by atoms with E-state index < -0.39 is 0 Å². The number of amides is 1. The molecule has 0 spiro atoms. The molecule has 16 heavy (non-hydrogen) atoms. The molecule has 2 rings (SSSR count). The highest BCUT2D eigenvalue weighted by molar-refractivity contribution is 7.16. The Hall–Kier alpha value is -1.07. The first-order valence-corrected chi connectivity index (χ1v) is 6.28. The van der Waals surface area contributed by atoms with Gasteiger partial charge in [-0.05, 0) is 19.4 Å². The molecule has 2 heterocycles. The molecule has 0 saturated carbocycles. The normalized spacial score (nSPS) is 16.5. The van der Waals surface area contributed by atoms with Crippen molar-refractivity contribution in [2.75, 3.05) is 31.9 Å². The summed E-state index contributed by atoms with van der Waals surface area (Å²) in [6, 6.07) is 0. The van der Waals surface area contributed by atoms with Gasteiger partial charge in [-0.3, -0.25) is 4.79 Å². The molecule has 0 atom stereocenters. The van der Waals surface area contributed by atoms with Gasteiger partial charge in [-0.1, -0.05) is 0 Å². The van der Waals surface area contributed by atoms with Crippen LogP contribution in [0.5, 0.6) is 0 Å². The number of nitrogen functional groups attached to an aromatic ring is 1. The van der Waals surface area contributed by atoms with Crippen LogP contribution in [0.15, 0.2) is 0 Å². The van der Waals surface area contributed by atoms with E-state index in [0.29, 0.717) is 10.6 Å². The molecule has 1 aliphatic heterocycles. The molecule has 0 aliphatic carbocycles. The van der Waals surface area contributed by atoms with E-state index in [1.807, 2.05) is 18.7 Å². The minimum atomic E-state index is 0.0841. The molecule has 0 aromatic carbocycles. The molecule has 1 fully saturated rings. The first kappa shape index (κ1) is 11.4. The van der Waals surface area contributed by atoms with Gasteiger partial charge in [0.1, 0.15) is 0 Å². The van der Waals surface area contributed by atoms with Crippen LogP contribution in [0.2, 0.25) is 0 Å². The average molecular weight is 239 g/mol. The van der Waals surface area contributed by atoms with Gasteiger partial charge < -0.3 is 16.0 Å². The van der Waals surface area contributed by atoms with Gasteiger partial charge in [-0.2, -0.15) is 0 Å². The molecule has 0 radical (unpaired) electrons. The summed E-state index contributed by atoms with van der Waals surface area (Å²) in [4.78, 5) is 15.3. The first-order chi connectivity index (χ1) is 7.61. The van der Waals surface area contributed by atoms with Crippen LogP contribution in [-0.2, 0) is 0 Å². The van der Waals surface area contributed by atoms with Crippen molar-refractivity contribution in [2.45, 2.75) is 13.8 Å². The fourth-order valence-corrected chi connectivity index (χ4v) is 2.87. The predicted octanol–water partition coefficient (Wildman–Crippen LogP) is 0.993. The molecule has 3 N–H and O–H groups in total. The summed E-state index contributed by atoms with van der Waals surface area (Å²) in [5, 5.41) is 3.88. The van der Waals surface area contributed by atoms with Crippen LogP contribution in [0.4, 0.5) is 5.00 Å². The molecule has 1 aliphatic rings. The van der Waals surface area contributed by atoms with E-state index in [9.17, 15) is 4.79 Å². The van der Waals surface area contributed by atoms with Crippen molar-refractivity contribution in [3.05, 3.63) is 16.0 Å². The number of carbonyl (C=O) groups excluding carboxylic acids is 1. The topological polar surface area (TPSA) is 58.4 Å². The summed E-state index contributed by atoms with van der Waals surface area (Å²) >= 11 is 1.50. The molecular weight excluding hydrogens is 222 g/mol. The summed E-state index contributed by atoms with van der Waals surface area (Å²) < 4.78 is 0. The van der Waals surface area contributed by atoms with Crippen LogP contribution in [0.3, 0.4) is 0 Å². The van der Waals surface area contributed by atoms with Gasteiger partial charge in [0, 0.05) is 31.1 Å². The monoisotopic (exact) mass is 239 g/mol. The number of rotatable bonds is 1. The van der Waals surface area contributed by atoms with Crippen molar-refractivity contribution < 1.29 is 4.79 Å². The lowest BCUT2D eigenvalue weighted by Crippen LogP contribution is -2.46. The molecule has 1 saturated heterocycles. The summed E-state index contributed by atoms with van der Waals surface area (Å²) in [6.45, 7) is 7.25. The lowest BCUT2D eigenvalue weighted by atomic mass is 10.1. The summed E-state index contributed by atoms with van der Waals surface area (Å²) in [7, 11) is 0. The van der Waals surface area contributed by atoms with Crippen LogP contribution in [0, 0.1) is 13.8 Å². The summed E-state index contributed by atoms with van der Waals surface area (Å²) in [6.07, 6.45) is 0.